The van der Waals surface area contributed by atoms with Crippen molar-refractivity contribution in [3.8, 4) is 11.5 Å². The van der Waals surface area contributed by atoms with E-state index in [9.17, 15) is 27.1 Å². The molecule has 36 heavy (non-hydrogen) atoms. The van der Waals surface area contributed by atoms with Crippen molar-refractivity contribution in [3.05, 3.63) is 94.4 Å². The second kappa shape index (κ2) is 9.63. The number of ether oxygens (including phenoxy) is 1. The standard InChI is InChI=1S/C25H17F7N2O2/c1-12-6-8-33-14(9-12)10-16(15-5-4-13-3-2-7-34-22(13)23(15)35)17-18(26)20(28)24(21(29)19(17)27)36-11-25(30,31)32/h2-9,16,35H,10-11H2,1H3. The van der Waals surface area contributed by atoms with E-state index in [-0.39, 0.29) is 23.2 Å². The Labute approximate surface area is 200 Å². The summed E-state index contributed by atoms with van der Waals surface area (Å²) in [6.07, 6.45) is -2.53. The lowest BCUT2D eigenvalue weighted by atomic mass is 9.85. The van der Waals surface area contributed by atoms with Crippen molar-refractivity contribution < 1.29 is 40.6 Å². The summed E-state index contributed by atoms with van der Waals surface area (Å²) < 4.78 is 101. The number of rotatable bonds is 6. The predicted octanol–water partition coefficient (Wildman–Crippen LogP) is 6.52. The van der Waals surface area contributed by atoms with Crippen LogP contribution in [0.5, 0.6) is 11.5 Å². The van der Waals surface area contributed by atoms with Crippen LogP contribution in [0, 0.1) is 30.2 Å². The predicted molar refractivity (Wildman–Crippen MR) is 116 cm³/mol. The molecule has 2 aromatic carbocycles. The molecule has 0 saturated heterocycles. The minimum atomic E-state index is -5.01. The maximum Gasteiger partial charge on any atom is 0.422 e. The molecule has 0 aliphatic rings. The topological polar surface area (TPSA) is 55.2 Å². The van der Waals surface area contributed by atoms with Gasteiger partial charge in [0.25, 0.3) is 0 Å². The Balaban J connectivity index is 1.92. The molecular formula is C25H17F7N2O2. The van der Waals surface area contributed by atoms with Gasteiger partial charge in [0.15, 0.2) is 24.0 Å². The number of halogens is 7. The number of alkyl halides is 3. The van der Waals surface area contributed by atoms with Crippen LogP contribution < -0.4 is 4.74 Å². The van der Waals surface area contributed by atoms with Crippen molar-refractivity contribution in [2.24, 2.45) is 0 Å². The fourth-order valence-corrected chi connectivity index (χ4v) is 3.93. The van der Waals surface area contributed by atoms with Gasteiger partial charge in [0.05, 0.1) is 0 Å². The van der Waals surface area contributed by atoms with Gasteiger partial charge in [-0.15, -0.1) is 0 Å². The number of hydrogen-bond acceptors (Lipinski definition) is 4. The summed E-state index contributed by atoms with van der Waals surface area (Å²) in [5.41, 5.74) is -0.178. The molecule has 0 radical (unpaired) electrons. The number of aromatic nitrogens is 2. The zero-order valence-electron chi connectivity index (χ0n) is 18.5. The summed E-state index contributed by atoms with van der Waals surface area (Å²) in [5, 5.41) is 11.4. The fourth-order valence-electron chi connectivity index (χ4n) is 3.93. The Bertz CT molecular complexity index is 1410. The van der Waals surface area contributed by atoms with Gasteiger partial charge in [-0.3, -0.25) is 9.97 Å². The molecule has 4 aromatic rings. The molecule has 2 aromatic heterocycles. The Morgan fingerprint density at radius 1 is 0.917 bits per heavy atom. The van der Waals surface area contributed by atoms with E-state index in [1.54, 1.807) is 31.2 Å². The van der Waals surface area contributed by atoms with E-state index >= 15 is 8.78 Å². The molecule has 0 saturated carbocycles. The third-order valence-corrected chi connectivity index (χ3v) is 5.53. The van der Waals surface area contributed by atoms with Gasteiger partial charge >= 0.3 is 6.18 Å². The number of hydrogen-bond donors (Lipinski definition) is 1. The molecule has 2 heterocycles. The Morgan fingerprint density at radius 3 is 2.25 bits per heavy atom. The molecule has 4 nitrogen and oxygen atoms in total. The highest BCUT2D eigenvalue weighted by molar-refractivity contribution is 5.85. The highest BCUT2D eigenvalue weighted by Gasteiger charge is 2.36. The number of aromatic hydroxyl groups is 1. The van der Waals surface area contributed by atoms with Crippen molar-refractivity contribution in [2.75, 3.05) is 6.61 Å². The maximum atomic E-state index is 15.2. The summed E-state index contributed by atoms with van der Waals surface area (Å²) in [5.74, 6) is -12.0. The van der Waals surface area contributed by atoms with Crippen molar-refractivity contribution in [1.29, 1.82) is 0 Å². The van der Waals surface area contributed by atoms with Gasteiger partial charge in [0, 0.05) is 46.9 Å². The van der Waals surface area contributed by atoms with Gasteiger partial charge in [-0.1, -0.05) is 18.2 Å². The molecule has 1 unspecified atom stereocenters. The van der Waals surface area contributed by atoms with E-state index in [0.29, 0.717) is 5.39 Å². The van der Waals surface area contributed by atoms with Crippen molar-refractivity contribution in [3.63, 3.8) is 0 Å². The Hall–Kier alpha value is -3.89. The monoisotopic (exact) mass is 510 g/mol. The third-order valence-electron chi connectivity index (χ3n) is 5.53. The molecular weight excluding hydrogens is 493 g/mol. The largest absolute Gasteiger partial charge is 0.505 e. The number of phenols is 1. The highest BCUT2D eigenvalue weighted by atomic mass is 19.4. The van der Waals surface area contributed by atoms with Gasteiger partial charge in [-0.25, -0.2) is 8.78 Å². The molecule has 0 fully saturated rings. The van der Waals surface area contributed by atoms with E-state index < -0.39 is 59.0 Å². The number of benzene rings is 2. The molecule has 0 aliphatic carbocycles. The lowest BCUT2D eigenvalue weighted by Gasteiger charge is -2.22. The van der Waals surface area contributed by atoms with Gasteiger partial charge in [-0.05, 0) is 30.7 Å². The maximum absolute atomic E-state index is 15.2. The van der Waals surface area contributed by atoms with Crippen molar-refractivity contribution >= 4 is 10.9 Å². The van der Waals surface area contributed by atoms with E-state index in [1.807, 2.05) is 0 Å². The fraction of sp³-hybridized carbons (Fsp3) is 0.200. The number of fused-ring (bicyclic) bond motifs is 1. The molecule has 0 amide bonds. The average molecular weight is 510 g/mol. The number of aryl methyl sites for hydroxylation is 1. The van der Waals surface area contributed by atoms with Crippen LogP contribution in [0.1, 0.15) is 28.3 Å². The van der Waals surface area contributed by atoms with Crippen LogP contribution in [0.2, 0.25) is 0 Å². The highest BCUT2D eigenvalue weighted by Crippen LogP contribution is 2.42. The first-order valence-electron chi connectivity index (χ1n) is 10.5. The molecule has 11 heteroatoms. The zero-order valence-corrected chi connectivity index (χ0v) is 18.5. The van der Waals surface area contributed by atoms with Crippen LogP contribution in [-0.4, -0.2) is 27.9 Å². The first-order valence-corrected chi connectivity index (χ1v) is 10.5. The minimum Gasteiger partial charge on any atom is -0.505 e. The lowest BCUT2D eigenvalue weighted by Crippen LogP contribution is -2.22. The van der Waals surface area contributed by atoms with Crippen LogP contribution in [-0.2, 0) is 6.42 Å². The van der Waals surface area contributed by atoms with Crippen LogP contribution in [0.25, 0.3) is 10.9 Å². The molecule has 188 valence electrons. The Kier molecular flexibility index (Phi) is 6.75. The third kappa shape index (κ3) is 4.91. The summed E-state index contributed by atoms with van der Waals surface area (Å²) in [7, 11) is 0. The van der Waals surface area contributed by atoms with Gasteiger partial charge < -0.3 is 9.84 Å². The average Bonchev–Trinajstić information content (AvgIpc) is 2.82. The van der Waals surface area contributed by atoms with Crippen LogP contribution in [0.4, 0.5) is 30.7 Å². The second-order valence-electron chi connectivity index (χ2n) is 8.06. The number of nitrogens with zero attached hydrogens (tertiary/aromatic N) is 2. The Morgan fingerprint density at radius 2 is 1.61 bits per heavy atom. The first-order chi connectivity index (χ1) is 17.0. The van der Waals surface area contributed by atoms with Crippen molar-refractivity contribution in [1.82, 2.24) is 9.97 Å². The molecule has 4 rings (SSSR count). The number of pyridine rings is 2. The SMILES string of the molecule is Cc1ccnc(CC(c2ccc3cccnc3c2O)c2c(F)c(F)c(OCC(F)(F)F)c(F)c2F)c1. The summed E-state index contributed by atoms with van der Waals surface area (Å²) in [6, 6.07) is 9.27. The van der Waals surface area contributed by atoms with E-state index in [1.165, 1.54) is 24.5 Å². The summed E-state index contributed by atoms with van der Waals surface area (Å²) in [4.78, 5) is 8.17. The summed E-state index contributed by atoms with van der Waals surface area (Å²) in [6.45, 7) is -0.433. The minimum absolute atomic E-state index is 0.0732. The molecule has 1 N–H and O–H groups in total. The van der Waals surface area contributed by atoms with E-state index in [2.05, 4.69) is 14.7 Å². The van der Waals surface area contributed by atoms with Gasteiger partial charge in [-0.2, -0.15) is 22.0 Å². The first kappa shape index (κ1) is 25.2. The molecule has 0 bridgehead atoms. The molecule has 0 spiro atoms. The normalized spacial score (nSPS) is 12.7. The summed E-state index contributed by atoms with van der Waals surface area (Å²) >= 11 is 0. The van der Waals surface area contributed by atoms with Gasteiger partial charge in [0.2, 0.25) is 11.6 Å². The quantitative estimate of drug-likeness (QED) is 0.237. The number of phenolic OH excluding ortho intramolecular Hbond substituents is 1. The smallest absolute Gasteiger partial charge is 0.422 e. The van der Waals surface area contributed by atoms with E-state index in [4.69, 9.17) is 0 Å². The zero-order chi connectivity index (χ0) is 26.2. The molecule has 1 atom stereocenters. The van der Waals surface area contributed by atoms with Gasteiger partial charge in [0.1, 0.15) is 11.3 Å². The van der Waals surface area contributed by atoms with Crippen molar-refractivity contribution in [2.45, 2.75) is 25.4 Å². The van der Waals surface area contributed by atoms with Crippen LogP contribution in [0.15, 0.2) is 48.8 Å². The van der Waals surface area contributed by atoms with E-state index in [0.717, 1.165) is 5.56 Å². The van der Waals surface area contributed by atoms with Crippen LogP contribution >= 0.6 is 0 Å². The molecule has 0 aliphatic heterocycles. The van der Waals surface area contributed by atoms with Crippen LogP contribution in [0.3, 0.4) is 0 Å². The lowest BCUT2D eigenvalue weighted by molar-refractivity contribution is -0.154. The second-order valence-corrected chi connectivity index (χ2v) is 8.06.